The Morgan fingerprint density at radius 2 is 0.917 bits per heavy atom. The Hall–Kier alpha value is -6.18. The van der Waals surface area contributed by atoms with Gasteiger partial charge in [0.1, 0.15) is 11.2 Å². The van der Waals surface area contributed by atoms with Crippen molar-refractivity contribution in [3.8, 4) is 33.4 Å². The number of furan rings is 1. The largest absolute Gasteiger partial charge is 0.456 e. The zero-order chi connectivity index (χ0) is 55.3. The molecule has 10 rings (SSSR count). The van der Waals surface area contributed by atoms with E-state index in [1.165, 1.54) is 6.92 Å². The van der Waals surface area contributed by atoms with Crippen LogP contribution in [-0.4, -0.2) is 0 Å². The van der Waals surface area contributed by atoms with Gasteiger partial charge >= 0.3 is 0 Å². The van der Waals surface area contributed by atoms with Crippen molar-refractivity contribution < 1.29 is 41.4 Å². The normalized spacial score (nSPS) is 19.7. The average molecular weight is 638 g/mol. The molecule has 1 aromatic heterocycles. The lowest BCUT2D eigenvalue weighted by Crippen LogP contribution is -1.91. The summed E-state index contributed by atoms with van der Waals surface area (Å²) < 4.78 is 250. The second-order valence-corrected chi connectivity index (χ2v) is 10.8. The lowest BCUT2D eigenvalue weighted by atomic mass is 9.85. The number of benzene rings is 9. The van der Waals surface area contributed by atoms with Gasteiger partial charge in [-0.15, -0.1) is 0 Å². The van der Waals surface area contributed by atoms with E-state index >= 15 is 0 Å². The first kappa shape index (κ1) is 11.5. The molecule has 0 unspecified atom stereocenters. The molecule has 0 aliphatic rings. The molecule has 224 valence electrons. The van der Waals surface area contributed by atoms with Crippen LogP contribution >= 0.6 is 0 Å². The van der Waals surface area contributed by atoms with Crippen molar-refractivity contribution in [3.05, 3.63) is 169 Å². The van der Waals surface area contributed by atoms with Gasteiger partial charge in [0.05, 0.1) is 37.0 Å². The van der Waals surface area contributed by atoms with Crippen molar-refractivity contribution in [1.29, 1.82) is 0 Å². The Balaban J connectivity index is 1.45. The van der Waals surface area contributed by atoms with E-state index in [1.54, 1.807) is 0 Å². The van der Waals surface area contributed by atoms with Crippen molar-refractivity contribution in [2.75, 3.05) is 0 Å². The summed E-state index contributed by atoms with van der Waals surface area (Å²) in [5.74, 6) is 0. The molecule has 0 saturated heterocycles. The smallest absolute Gasteiger partial charge is 0.138 e. The molecule has 0 amide bonds. The summed E-state index contributed by atoms with van der Waals surface area (Å²) >= 11 is 0. The molecule has 1 nitrogen and oxygen atoms in total. The van der Waals surface area contributed by atoms with Crippen molar-refractivity contribution in [1.82, 2.24) is 0 Å². The molecule has 0 saturated carbocycles. The molecule has 10 aromatic rings. The first-order chi connectivity index (χ1) is 35.0. The highest BCUT2D eigenvalue weighted by Crippen LogP contribution is 2.45. The van der Waals surface area contributed by atoms with E-state index in [0.717, 1.165) is 0 Å². The lowest BCUT2D eigenvalue weighted by Gasteiger charge is -2.18. The molecule has 0 radical (unpaired) electrons. The van der Waals surface area contributed by atoms with Gasteiger partial charge in [0.25, 0.3) is 0 Å². The van der Waals surface area contributed by atoms with Gasteiger partial charge in [0.15, 0.2) is 0 Å². The van der Waals surface area contributed by atoms with E-state index in [-0.39, 0.29) is 27.3 Å². The second kappa shape index (κ2) is 10.4. The van der Waals surface area contributed by atoms with Gasteiger partial charge in [-0.05, 0) is 102 Å². The molecular formula is C47H30O. The fourth-order valence-electron chi connectivity index (χ4n) is 6.04. The summed E-state index contributed by atoms with van der Waals surface area (Å²) in [6.45, 7) is 1.42. The van der Waals surface area contributed by atoms with Crippen LogP contribution in [0.3, 0.4) is 0 Å². The molecule has 0 N–H and O–H groups in total. The monoisotopic (exact) mass is 637 g/mol. The van der Waals surface area contributed by atoms with E-state index in [0.29, 0.717) is 0 Å². The van der Waals surface area contributed by atoms with Gasteiger partial charge in [0.2, 0.25) is 0 Å². The van der Waals surface area contributed by atoms with Crippen LogP contribution in [0.15, 0.2) is 168 Å². The third kappa shape index (κ3) is 3.98. The molecule has 1 heterocycles. The molecule has 0 spiro atoms. The van der Waals surface area contributed by atoms with Crippen molar-refractivity contribution >= 4 is 65.0 Å². The molecule has 0 aliphatic heterocycles. The Morgan fingerprint density at radius 1 is 0.396 bits per heavy atom. The van der Waals surface area contributed by atoms with Crippen LogP contribution in [0.5, 0.6) is 0 Å². The van der Waals surface area contributed by atoms with E-state index in [2.05, 4.69) is 0 Å². The molecule has 0 fully saturated rings. The molecular weight excluding hydrogens is 581 g/mol. The Kier molecular flexibility index (Phi) is 2.50. The summed E-state index contributed by atoms with van der Waals surface area (Å²) in [6, 6.07) is -23.6. The summed E-state index contributed by atoms with van der Waals surface area (Å²) in [4.78, 5) is 0. The van der Waals surface area contributed by atoms with Crippen LogP contribution in [0, 0.1) is 6.92 Å². The van der Waals surface area contributed by atoms with Gasteiger partial charge in [-0.3, -0.25) is 0 Å². The predicted octanol–water partition coefficient (Wildman–Crippen LogP) is 13.5. The van der Waals surface area contributed by atoms with Crippen LogP contribution in [0.25, 0.3) is 98.4 Å². The summed E-state index contributed by atoms with van der Waals surface area (Å²) in [6.07, 6.45) is 0. The summed E-state index contributed by atoms with van der Waals surface area (Å²) in [7, 11) is 0. The van der Waals surface area contributed by atoms with Crippen molar-refractivity contribution in [2.24, 2.45) is 0 Å². The molecule has 9 aromatic carbocycles. The van der Waals surface area contributed by atoms with E-state index in [4.69, 9.17) is 25.0 Å². The third-order valence-electron chi connectivity index (χ3n) is 8.17. The maximum Gasteiger partial charge on any atom is 0.138 e. The van der Waals surface area contributed by atoms with Gasteiger partial charge in [-0.25, -0.2) is 0 Å². The van der Waals surface area contributed by atoms with Crippen LogP contribution in [0.4, 0.5) is 0 Å². The number of hydrogen-bond acceptors (Lipinski definition) is 1. The molecule has 1 heteroatoms. The highest BCUT2D eigenvalue weighted by atomic mass is 16.3. The minimum atomic E-state index is -1.08. The highest BCUT2D eigenvalue weighted by molar-refractivity contribution is 6.22. The number of rotatable bonds is 3. The fraction of sp³-hybridized carbons (Fsp3) is 0.0213. The van der Waals surface area contributed by atoms with Crippen LogP contribution < -0.4 is 0 Å². The quantitative estimate of drug-likeness (QED) is 0.176. The Labute approximate surface area is 316 Å². The first-order valence-electron chi connectivity index (χ1n) is 27.9. The highest BCUT2D eigenvalue weighted by Gasteiger charge is 2.19. The fourth-order valence-corrected chi connectivity index (χ4v) is 6.04. The van der Waals surface area contributed by atoms with E-state index in [9.17, 15) is 16.4 Å². The Morgan fingerprint density at radius 3 is 1.60 bits per heavy atom. The van der Waals surface area contributed by atoms with Gasteiger partial charge in [0, 0.05) is 16.3 Å². The molecule has 0 aliphatic carbocycles. The predicted molar refractivity (Wildman–Crippen MR) is 205 cm³/mol. The first-order valence-corrected chi connectivity index (χ1v) is 14.4. The summed E-state index contributed by atoms with van der Waals surface area (Å²) in [5.41, 5.74) is -5.12. The van der Waals surface area contributed by atoms with Crippen LogP contribution in [-0.2, 0) is 0 Å². The second-order valence-electron chi connectivity index (χ2n) is 10.8. The lowest BCUT2D eigenvalue weighted by molar-refractivity contribution is 0.666. The van der Waals surface area contributed by atoms with E-state index < -0.39 is 240 Å². The standard InChI is InChI=1S/C47H30O/c1-29-35-14-4-3-12-33(35)27-43-42-28-34(25-26-44(42)48-47(29)43)46-40-18-8-6-16-38(40)45(39-17-7-9-19-41(39)46)32-23-21-31(22-24-32)37-20-10-13-30-11-2-5-15-36(30)37/h2-28H,1H3/i2D,3D,4D,5D,6D,7D,8D,9D,10D,11D,12D,13D,14D,15D,16D,17D,18D,19D,20D,21D,22D,23D,24D,25D,26D,27D,28D. The van der Waals surface area contributed by atoms with Crippen LogP contribution in [0.2, 0.25) is 0 Å². The average Bonchev–Trinajstić information content (AvgIpc) is 3.80. The minimum Gasteiger partial charge on any atom is -0.456 e. The maximum atomic E-state index is 9.88. The maximum absolute atomic E-state index is 9.88. The van der Waals surface area contributed by atoms with Crippen molar-refractivity contribution in [2.45, 2.75) is 6.92 Å². The van der Waals surface area contributed by atoms with Gasteiger partial charge < -0.3 is 4.42 Å². The van der Waals surface area contributed by atoms with Gasteiger partial charge in [-0.1, -0.05) is 145 Å². The molecule has 48 heavy (non-hydrogen) atoms. The van der Waals surface area contributed by atoms with Crippen LogP contribution in [0.1, 0.15) is 42.6 Å². The van der Waals surface area contributed by atoms with E-state index in [1.807, 2.05) is 0 Å². The van der Waals surface area contributed by atoms with Gasteiger partial charge in [-0.2, -0.15) is 0 Å². The zero-order valence-corrected chi connectivity index (χ0v) is 24.4. The SMILES string of the molecule is [2H]c1c([2H])c(-c2c3c([2H])c([2H])c([2H])c([2H])c3c(-c3c([2H])c([2H])c4oc5c(C)c6c([2H])c([2H])c([2H])c([2H])c6c([2H])c5c4c3[2H])c3c([2H])c([2H])c([2H])c([2H])c23)c([2H])c([2H])c1-c1c([2H])c([2H])c([2H])c2c([2H])c([2H])c([2H])c([2H])c12. The minimum absolute atomic E-state index is 0.0607. The Bertz CT molecular complexity index is 4320. The number of aryl methyl sites for hydroxylation is 1. The zero-order valence-electron chi connectivity index (χ0n) is 51.4. The molecule has 0 atom stereocenters. The summed E-state index contributed by atoms with van der Waals surface area (Å²) in [5, 5.41) is -5.11. The number of hydrogen-bond donors (Lipinski definition) is 0. The topological polar surface area (TPSA) is 13.1 Å². The number of fused-ring (bicyclic) bond motifs is 7. The molecule has 0 bridgehead atoms. The van der Waals surface area contributed by atoms with Crippen molar-refractivity contribution in [3.63, 3.8) is 0 Å². The third-order valence-corrected chi connectivity index (χ3v) is 8.17.